The summed E-state index contributed by atoms with van der Waals surface area (Å²) in [5.41, 5.74) is -0.0721. The van der Waals surface area contributed by atoms with Gasteiger partial charge in [-0.2, -0.15) is 0 Å². The molecule has 0 fully saturated rings. The van der Waals surface area contributed by atoms with Crippen LogP contribution < -0.4 is 4.72 Å². The predicted molar refractivity (Wildman–Crippen MR) is 69.5 cm³/mol. The van der Waals surface area contributed by atoms with Gasteiger partial charge in [-0.1, -0.05) is 6.07 Å². The molecule has 2 aromatic rings. The van der Waals surface area contributed by atoms with Crippen molar-refractivity contribution in [2.75, 3.05) is 0 Å². The van der Waals surface area contributed by atoms with Crippen LogP contribution in [0.4, 0.5) is 0 Å². The normalized spacial score (nSPS) is 11.4. The Morgan fingerprint density at radius 1 is 1.42 bits per heavy atom. The quantitative estimate of drug-likeness (QED) is 0.867. The van der Waals surface area contributed by atoms with Crippen molar-refractivity contribution in [1.29, 1.82) is 0 Å². The minimum atomic E-state index is -3.74. The number of nitrogens with zero attached hydrogens (tertiary/aromatic N) is 1. The third kappa shape index (κ3) is 3.37. The van der Waals surface area contributed by atoms with Gasteiger partial charge in [0, 0.05) is 11.6 Å². The van der Waals surface area contributed by atoms with Gasteiger partial charge in [0.25, 0.3) is 0 Å². The van der Waals surface area contributed by atoms with Gasteiger partial charge in [0.2, 0.25) is 10.0 Å². The van der Waals surface area contributed by atoms with Crippen LogP contribution in [0.2, 0.25) is 0 Å². The van der Waals surface area contributed by atoms with E-state index in [2.05, 4.69) is 9.71 Å². The van der Waals surface area contributed by atoms with Gasteiger partial charge in [-0.3, -0.25) is 0 Å². The van der Waals surface area contributed by atoms with Gasteiger partial charge >= 0.3 is 5.97 Å². The molecule has 0 aliphatic rings. The van der Waals surface area contributed by atoms with Crippen LogP contribution in [0, 0.1) is 0 Å². The van der Waals surface area contributed by atoms with Gasteiger partial charge in [-0.25, -0.2) is 22.9 Å². The van der Waals surface area contributed by atoms with E-state index < -0.39 is 16.0 Å². The van der Waals surface area contributed by atoms with Crippen LogP contribution in [0.25, 0.3) is 0 Å². The zero-order valence-corrected chi connectivity index (χ0v) is 11.2. The average Bonchev–Trinajstić information content (AvgIpc) is 2.90. The van der Waals surface area contributed by atoms with Crippen LogP contribution in [0.15, 0.2) is 40.7 Å². The SMILES string of the molecule is O=C(O)c1cccc(S(=O)(=O)NCc2nccs2)c1. The maximum absolute atomic E-state index is 12.0. The highest BCUT2D eigenvalue weighted by molar-refractivity contribution is 7.89. The average molecular weight is 298 g/mol. The minimum Gasteiger partial charge on any atom is -0.478 e. The van der Waals surface area contributed by atoms with Gasteiger partial charge in [0.1, 0.15) is 5.01 Å². The van der Waals surface area contributed by atoms with Crippen molar-refractivity contribution in [2.45, 2.75) is 11.4 Å². The first-order valence-electron chi connectivity index (χ1n) is 5.20. The van der Waals surface area contributed by atoms with E-state index in [0.717, 1.165) is 6.07 Å². The second kappa shape index (κ2) is 5.47. The van der Waals surface area contributed by atoms with Crippen LogP contribution in [0.3, 0.4) is 0 Å². The lowest BCUT2D eigenvalue weighted by Gasteiger charge is -2.05. The Balaban J connectivity index is 2.19. The topological polar surface area (TPSA) is 96.4 Å². The summed E-state index contributed by atoms with van der Waals surface area (Å²) in [5, 5.41) is 11.2. The number of sulfonamides is 1. The molecule has 8 heteroatoms. The Bertz CT molecular complexity index is 680. The van der Waals surface area contributed by atoms with Crippen LogP contribution in [0.5, 0.6) is 0 Å². The number of benzene rings is 1. The molecule has 0 radical (unpaired) electrons. The molecular weight excluding hydrogens is 288 g/mol. The Labute approximate surface area is 113 Å². The summed E-state index contributed by atoms with van der Waals surface area (Å²) >= 11 is 1.33. The smallest absolute Gasteiger partial charge is 0.335 e. The predicted octanol–water partition coefficient (Wildman–Crippen LogP) is 1.32. The molecule has 0 saturated carbocycles. The Morgan fingerprint density at radius 3 is 2.84 bits per heavy atom. The fourth-order valence-electron chi connectivity index (χ4n) is 1.38. The fraction of sp³-hybridized carbons (Fsp3) is 0.0909. The molecule has 0 spiro atoms. The highest BCUT2D eigenvalue weighted by Crippen LogP contribution is 2.12. The van der Waals surface area contributed by atoms with Crippen molar-refractivity contribution in [3.05, 3.63) is 46.4 Å². The molecule has 1 aromatic heterocycles. The molecule has 0 unspecified atom stereocenters. The molecule has 100 valence electrons. The van der Waals surface area contributed by atoms with Crippen LogP contribution in [-0.4, -0.2) is 24.5 Å². The van der Waals surface area contributed by atoms with Crippen LogP contribution in [0.1, 0.15) is 15.4 Å². The second-order valence-corrected chi connectivity index (χ2v) is 6.33. The fourth-order valence-corrected chi connectivity index (χ4v) is 3.06. The highest BCUT2D eigenvalue weighted by Gasteiger charge is 2.16. The first-order chi connectivity index (χ1) is 8.99. The number of carboxylic acid groups (broad SMARTS) is 1. The molecule has 0 bridgehead atoms. The van der Waals surface area contributed by atoms with E-state index in [1.165, 1.54) is 29.5 Å². The van der Waals surface area contributed by atoms with Crippen molar-refractivity contribution in [3.8, 4) is 0 Å². The molecule has 2 rings (SSSR count). The lowest BCUT2D eigenvalue weighted by Crippen LogP contribution is -2.23. The third-order valence-corrected chi connectivity index (χ3v) is 4.47. The number of carboxylic acids is 1. The maximum Gasteiger partial charge on any atom is 0.335 e. The van der Waals surface area contributed by atoms with E-state index in [4.69, 9.17) is 5.11 Å². The third-order valence-electron chi connectivity index (χ3n) is 2.29. The Morgan fingerprint density at radius 2 is 2.21 bits per heavy atom. The zero-order valence-electron chi connectivity index (χ0n) is 9.61. The molecule has 0 atom stereocenters. The molecule has 0 aliphatic carbocycles. The number of nitrogens with one attached hydrogen (secondary N) is 1. The molecule has 19 heavy (non-hydrogen) atoms. The largest absolute Gasteiger partial charge is 0.478 e. The first kappa shape index (κ1) is 13.7. The van der Waals surface area contributed by atoms with Gasteiger partial charge in [0.05, 0.1) is 17.0 Å². The lowest BCUT2D eigenvalue weighted by atomic mass is 10.2. The molecule has 6 nitrogen and oxygen atoms in total. The number of carbonyl (C=O) groups is 1. The van der Waals surface area contributed by atoms with Gasteiger partial charge in [-0.15, -0.1) is 11.3 Å². The van der Waals surface area contributed by atoms with E-state index in [9.17, 15) is 13.2 Å². The first-order valence-corrected chi connectivity index (χ1v) is 7.57. The van der Waals surface area contributed by atoms with Crippen molar-refractivity contribution in [2.24, 2.45) is 0 Å². The van der Waals surface area contributed by atoms with Gasteiger partial charge < -0.3 is 5.11 Å². The highest BCUT2D eigenvalue weighted by atomic mass is 32.2. The summed E-state index contributed by atoms with van der Waals surface area (Å²) in [6.07, 6.45) is 1.58. The van der Waals surface area contributed by atoms with E-state index in [-0.39, 0.29) is 17.0 Å². The molecule has 0 saturated heterocycles. The maximum atomic E-state index is 12.0. The monoisotopic (exact) mass is 298 g/mol. The van der Waals surface area contributed by atoms with Gasteiger partial charge in [0.15, 0.2) is 0 Å². The summed E-state index contributed by atoms with van der Waals surface area (Å²) in [7, 11) is -3.74. The summed E-state index contributed by atoms with van der Waals surface area (Å²) in [5.74, 6) is -1.17. The molecule has 1 aromatic carbocycles. The number of rotatable bonds is 5. The van der Waals surface area contributed by atoms with E-state index in [1.807, 2.05) is 0 Å². The molecule has 0 aliphatic heterocycles. The van der Waals surface area contributed by atoms with Gasteiger partial charge in [-0.05, 0) is 18.2 Å². The summed E-state index contributed by atoms with van der Waals surface area (Å²) in [6.45, 7) is 0.0807. The zero-order chi connectivity index (χ0) is 13.9. The van der Waals surface area contributed by atoms with Crippen LogP contribution >= 0.6 is 11.3 Å². The van der Waals surface area contributed by atoms with E-state index in [1.54, 1.807) is 11.6 Å². The summed E-state index contributed by atoms with van der Waals surface area (Å²) in [4.78, 5) is 14.7. The van der Waals surface area contributed by atoms with E-state index >= 15 is 0 Å². The summed E-state index contributed by atoms with van der Waals surface area (Å²) < 4.78 is 26.3. The number of aromatic nitrogens is 1. The number of aromatic carboxylic acids is 1. The molecule has 2 N–H and O–H groups in total. The molecule has 1 heterocycles. The summed E-state index contributed by atoms with van der Waals surface area (Å²) in [6, 6.07) is 5.19. The number of thiazole rings is 1. The second-order valence-electron chi connectivity index (χ2n) is 3.58. The van der Waals surface area contributed by atoms with Crippen molar-refractivity contribution in [1.82, 2.24) is 9.71 Å². The molecule has 0 amide bonds. The molecular formula is C11H10N2O4S2. The van der Waals surface area contributed by atoms with Crippen molar-refractivity contribution in [3.63, 3.8) is 0 Å². The van der Waals surface area contributed by atoms with Crippen molar-refractivity contribution >= 4 is 27.3 Å². The number of hydrogen-bond acceptors (Lipinski definition) is 5. The Hall–Kier alpha value is -1.77. The van der Waals surface area contributed by atoms with E-state index in [0.29, 0.717) is 5.01 Å². The van der Waals surface area contributed by atoms with Crippen molar-refractivity contribution < 1.29 is 18.3 Å². The minimum absolute atomic E-state index is 0.0721. The lowest BCUT2D eigenvalue weighted by molar-refractivity contribution is 0.0696. The van der Waals surface area contributed by atoms with Crippen LogP contribution in [-0.2, 0) is 16.6 Å². The number of hydrogen-bond donors (Lipinski definition) is 2. The Kier molecular flexibility index (Phi) is 3.93. The standard InChI is InChI=1S/C11H10N2O4S2/c14-11(15)8-2-1-3-9(6-8)19(16,17)13-7-10-12-4-5-18-10/h1-6,13H,7H2,(H,14,15).